The van der Waals surface area contributed by atoms with Crippen LogP contribution in [0.15, 0.2) is 0 Å². The van der Waals surface area contributed by atoms with Gasteiger partial charge in [-0.05, 0) is 25.2 Å². The van der Waals surface area contributed by atoms with Crippen LogP contribution >= 0.6 is 0 Å². The van der Waals surface area contributed by atoms with E-state index in [0.717, 1.165) is 19.5 Å². The Morgan fingerprint density at radius 1 is 1.33 bits per heavy atom. The summed E-state index contributed by atoms with van der Waals surface area (Å²) >= 11 is 0. The van der Waals surface area contributed by atoms with Crippen LogP contribution in [0.3, 0.4) is 0 Å². The molecule has 1 amide bonds. The Morgan fingerprint density at radius 2 is 2.07 bits per heavy atom. The fourth-order valence-corrected chi connectivity index (χ4v) is 2.36. The number of likely N-dealkylation sites (tertiary alicyclic amines) is 1. The summed E-state index contributed by atoms with van der Waals surface area (Å²) in [6.45, 7) is 3.76. The van der Waals surface area contributed by atoms with Crippen LogP contribution in [0.5, 0.6) is 0 Å². The Labute approximate surface area is 89.3 Å². The lowest BCUT2D eigenvalue weighted by Gasteiger charge is -2.31. The van der Waals surface area contributed by atoms with Crippen molar-refractivity contribution in [2.24, 2.45) is 17.8 Å². The van der Waals surface area contributed by atoms with Crippen LogP contribution in [0.4, 0.5) is 0 Å². The van der Waals surface area contributed by atoms with Crippen LogP contribution in [-0.4, -0.2) is 35.0 Å². The molecule has 1 aliphatic heterocycles. The SMILES string of the molecule is C[C@@H]1CCCN(C(=O)[C@H]2C[C@H]2C(=O)O)C1. The van der Waals surface area contributed by atoms with Crippen LogP contribution in [0, 0.1) is 17.8 Å². The normalized spacial score (nSPS) is 35.0. The molecule has 1 saturated carbocycles. The van der Waals surface area contributed by atoms with E-state index in [-0.39, 0.29) is 11.8 Å². The number of carboxylic acids is 1. The summed E-state index contributed by atoms with van der Waals surface area (Å²) < 4.78 is 0. The Bertz CT molecular complexity index is 290. The second-order valence-electron chi connectivity index (χ2n) is 4.82. The maximum atomic E-state index is 11.9. The molecule has 2 rings (SSSR count). The highest BCUT2D eigenvalue weighted by atomic mass is 16.4. The van der Waals surface area contributed by atoms with Crippen molar-refractivity contribution in [1.82, 2.24) is 4.90 Å². The summed E-state index contributed by atoms with van der Waals surface area (Å²) in [5.74, 6) is -0.834. The zero-order chi connectivity index (χ0) is 11.0. The second kappa shape index (κ2) is 3.83. The van der Waals surface area contributed by atoms with Gasteiger partial charge in [0.2, 0.25) is 5.91 Å². The number of carboxylic acid groups (broad SMARTS) is 1. The van der Waals surface area contributed by atoms with Gasteiger partial charge in [-0.3, -0.25) is 9.59 Å². The van der Waals surface area contributed by atoms with Crippen LogP contribution < -0.4 is 0 Å². The van der Waals surface area contributed by atoms with Crippen molar-refractivity contribution in [3.05, 3.63) is 0 Å². The number of piperidine rings is 1. The Hall–Kier alpha value is -1.06. The molecule has 1 aliphatic carbocycles. The van der Waals surface area contributed by atoms with Crippen molar-refractivity contribution in [3.63, 3.8) is 0 Å². The van der Waals surface area contributed by atoms with Gasteiger partial charge in [0.15, 0.2) is 0 Å². The topological polar surface area (TPSA) is 57.6 Å². The first-order valence-corrected chi connectivity index (χ1v) is 5.61. The first kappa shape index (κ1) is 10.5. The predicted octanol–water partition coefficient (Wildman–Crippen LogP) is 0.966. The quantitative estimate of drug-likeness (QED) is 0.740. The van der Waals surface area contributed by atoms with Crippen molar-refractivity contribution in [3.8, 4) is 0 Å². The summed E-state index contributed by atoms with van der Waals surface area (Å²) in [6.07, 6.45) is 2.77. The number of carbonyl (C=O) groups excluding carboxylic acids is 1. The molecule has 1 heterocycles. The number of rotatable bonds is 2. The molecule has 0 bridgehead atoms. The summed E-state index contributed by atoms with van der Waals surface area (Å²) in [5.41, 5.74) is 0. The minimum Gasteiger partial charge on any atom is -0.481 e. The van der Waals surface area contributed by atoms with Gasteiger partial charge in [-0.25, -0.2) is 0 Å². The number of hydrogen-bond acceptors (Lipinski definition) is 2. The average Bonchev–Trinajstić information content (AvgIpc) is 2.96. The zero-order valence-electron chi connectivity index (χ0n) is 8.98. The van der Waals surface area contributed by atoms with E-state index in [1.165, 1.54) is 6.42 Å². The van der Waals surface area contributed by atoms with Crippen LogP contribution in [0.25, 0.3) is 0 Å². The second-order valence-corrected chi connectivity index (χ2v) is 4.82. The highest BCUT2D eigenvalue weighted by Crippen LogP contribution is 2.40. The first-order valence-electron chi connectivity index (χ1n) is 5.61. The molecule has 0 spiro atoms. The van der Waals surface area contributed by atoms with E-state index < -0.39 is 11.9 Å². The lowest BCUT2D eigenvalue weighted by atomic mass is 10.00. The molecular weight excluding hydrogens is 194 g/mol. The van der Waals surface area contributed by atoms with Crippen molar-refractivity contribution < 1.29 is 14.7 Å². The minimum absolute atomic E-state index is 0.0638. The third kappa shape index (κ3) is 2.13. The van der Waals surface area contributed by atoms with E-state index in [2.05, 4.69) is 6.92 Å². The Morgan fingerprint density at radius 3 is 2.60 bits per heavy atom. The van der Waals surface area contributed by atoms with Crippen molar-refractivity contribution in [2.75, 3.05) is 13.1 Å². The molecule has 15 heavy (non-hydrogen) atoms. The lowest BCUT2D eigenvalue weighted by Crippen LogP contribution is -2.40. The van der Waals surface area contributed by atoms with Crippen molar-refractivity contribution in [2.45, 2.75) is 26.2 Å². The van der Waals surface area contributed by atoms with Crippen LogP contribution in [0.1, 0.15) is 26.2 Å². The van der Waals surface area contributed by atoms with E-state index in [1.54, 1.807) is 0 Å². The first-order chi connectivity index (χ1) is 7.09. The van der Waals surface area contributed by atoms with Gasteiger partial charge in [0.25, 0.3) is 0 Å². The summed E-state index contributed by atoms with van der Waals surface area (Å²) in [5, 5.41) is 8.75. The van der Waals surface area contributed by atoms with Gasteiger partial charge in [0, 0.05) is 13.1 Å². The predicted molar refractivity (Wildman–Crippen MR) is 54.2 cm³/mol. The molecule has 0 radical (unpaired) electrons. The van der Waals surface area contributed by atoms with E-state index >= 15 is 0 Å². The van der Waals surface area contributed by atoms with E-state index in [4.69, 9.17) is 5.11 Å². The number of aliphatic carboxylic acids is 1. The van der Waals surface area contributed by atoms with E-state index in [9.17, 15) is 9.59 Å². The molecule has 84 valence electrons. The third-order valence-corrected chi connectivity index (χ3v) is 3.39. The van der Waals surface area contributed by atoms with E-state index in [0.29, 0.717) is 12.3 Å². The van der Waals surface area contributed by atoms with Gasteiger partial charge in [-0.2, -0.15) is 0 Å². The molecule has 0 aromatic rings. The minimum atomic E-state index is -0.821. The van der Waals surface area contributed by atoms with Gasteiger partial charge < -0.3 is 10.0 Å². The smallest absolute Gasteiger partial charge is 0.307 e. The maximum Gasteiger partial charge on any atom is 0.307 e. The highest BCUT2D eigenvalue weighted by molar-refractivity contribution is 5.89. The Balaban J connectivity index is 1.89. The number of hydrogen-bond donors (Lipinski definition) is 1. The Kier molecular flexibility index (Phi) is 2.67. The maximum absolute atomic E-state index is 11.9. The fraction of sp³-hybridized carbons (Fsp3) is 0.818. The van der Waals surface area contributed by atoms with Crippen LogP contribution in [-0.2, 0) is 9.59 Å². The summed E-state index contributed by atoms with van der Waals surface area (Å²) in [7, 11) is 0. The van der Waals surface area contributed by atoms with Crippen molar-refractivity contribution in [1.29, 1.82) is 0 Å². The molecule has 0 unspecified atom stereocenters. The van der Waals surface area contributed by atoms with E-state index in [1.807, 2.05) is 4.90 Å². The van der Waals surface area contributed by atoms with Gasteiger partial charge in [-0.15, -0.1) is 0 Å². The number of carbonyl (C=O) groups is 2. The molecule has 1 N–H and O–H groups in total. The largest absolute Gasteiger partial charge is 0.481 e. The van der Waals surface area contributed by atoms with Gasteiger partial charge in [-0.1, -0.05) is 6.92 Å². The number of amides is 1. The van der Waals surface area contributed by atoms with Crippen molar-refractivity contribution >= 4 is 11.9 Å². The molecule has 4 nitrogen and oxygen atoms in total. The number of nitrogens with zero attached hydrogens (tertiary/aromatic N) is 1. The molecular formula is C11H17NO3. The summed E-state index contributed by atoms with van der Waals surface area (Å²) in [6, 6.07) is 0. The lowest BCUT2D eigenvalue weighted by molar-refractivity contribution is -0.142. The highest BCUT2D eigenvalue weighted by Gasteiger charge is 2.49. The molecule has 4 heteroatoms. The van der Waals surface area contributed by atoms with Crippen LogP contribution in [0.2, 0.25) is 0 Å². The molecule has 1 saturated heterocycles. The average molecular weight is 211 g/mol. The molecule has 3 atom stereocenters. The molecule has 2 aliphatic rings. The van der Waals surface area contributed by atoms with Gasteiger partial charge in [0.1, 0.15) is 0 Å². The monoisotopic (exact) mass is 211 g/mol. The summed E-state index contributed by atoms with van der Waals surface area (Å²) in [4.78, 5) is 24.4. The van der Waals surface area contributed by atoms with Gasteiger partial charge in [0.05, 0.1) is 11.8 Å². The fourth-order valence-electron chi connectivity index (χ4n) is 2.36. The third-order valence-electron chi connectivity index (χ3n) is 3.39. The zero-order valence-corrected chi connectivity index (χ0v) is 8.98. The standard InChI is InChI=1S/C11H17NO3/c1-7-3-2-4-12(6-7)10(13)8-5-9(8)11(14)15/h7-9H,2-6H2,1H3,(H,14,15)/t7-,8+,9-/m1/s1. The molecule has 2 fully saturated rings. The molecule has 0 aromatic carbocycles. The molecule has 0 aromatic heterocycles. The van der Waals surface area contributed by atoms with Gasteiger partial charge >= 0.3 is 5.97 Å².